The Kier molecular flexibility index (Phi) is 5.12. The van der Waals surface area contributed by atoms with Crippen LogP contribution in [0.5, 0.6) is 0 Å². The van der Waals surface area contributed by atoms with E-state index in [1.807, 2.05) is 0 Å². The minimum absolute atomic E-state index is 0.00236. The number of halogens is 2. The molecule has 1 N–H and O–H groups in total. The number of benzene rings is 1. The molecule has 1 fully saturated rings. The first-order valence-corrected chi connectivity index (χ1v) is 8.71. The van der Waals surface area contributed by atoms with E-state index in [2.05, 4.69) is 4.72 Å². The van der Waals surface area contributed by atoms with Crippen LogP contribution in [0.15, 0.2) is 23.1 Å². The summed E-state index contributed by atoms with van der Waals surface area (Å²) in [5.74, 6) is 0. The summed E-state index contributed by atoms with van der Waals surface area (Å²) in [6.07, 6.45) is 6.26. The minimum atomic E-state index is -3.60. The van der Waals surface area contributed by atoms with Crippen LogP contribution in [0, 0.1) is 0 Å². The number of nitrogens with one attached hydrogen (secondary N) is 1. The first-order valence-electron chi connectivity index (χ1n) is 6.47. The zero-order valence-corrected chi connectivity index (χ0v) is 12.9. The van der Waals surface area contributed by atoms with Gasteiger partial charge in [-0.1, -0.05) is 55.0 Å². The maximum absolute atomic E-state index is 12.3. The van der Waals surface area contributed by atoms with Crippen LogP contribution in [-0.2, 0) is 10.0 Å². The van der Waals surface area contributed by atoms with Crippen molar-refractivity contribution < 1.29 is 8.42 Å². The Balaban J connectivity index is 2.19. The lowest BCUT2D eigenvalue weighted by atomic mass is 10.1. The molecular formula is C13H17Cl2NO2S. The lowest BCUT2D eigenvalue weighted by Gasteiger charge is -2.17. The van der Waals surface area contributed by atoms with Gasteiger partial charge in [0.15, 0.2) is 0 Å². The van der Waals surface area contributed by atoms with Gasteiger partial charge in [0.1, 0.15) is 4.90 Å². The van der Waals surface area contributed by atoms with Gasteiger partial charge < -0.3 is 0 Å². The van der Waals surface area contributed by atoms with Crippen molar-refractivity contribution in [3.05, 3.63) is 28.2 Å². The average Bonchev–Trinajstić information content (AvgIpc) is 2.60. The smallest absolute Gasteiger partial charge is 0.208 e. The second-order valence-corrected chi connectivity index (χ2v) is 7.33. The van der Waals surface area contributed by atoms with Gasteiger partial charge in [-0.2, -0.15) is 0 Å². The molecule has 0 bridgehead atoms. The molecule has 3 nitrogen and oxygen atoms in total. The van der Waals surface area contributed by atoms with Crippen molar-refractivity contribution in [1.82, 2.24) is 4.72 Å². The van der Waals surface area contributed by atoms with E-state index in [-0.39, 0.29) is 21.0 Å². The quantitative estimate of drug-likeness (QED) is 0.855. The SMILES string of the molecule is O=S(=O)(NC1CCCCCC1)c1cccc(Cl)c1Cl. The molecule has 0 saturated heterocycles. The van der Waals surface area contributed by atoms with Crippen molar-refractivity contribution in [3.63, 3.8) is 0 Å². The van der Waals surface area contributed by atoms with Gasteiger partial charge in [-0.25, -0.2) is 13.1 Å². The van der Waals surface area contributed by atoms with E-state index in [0.717, 1.165) is 25.7 Å². The second-order valence-electron chi connectivity index (χ2n) is 4.86. The Labute approximate surface area is 124 Å². The lowest BCUT2D eigenvalue weighted by Crippen LogP contribution is -2.34. The summed E-state index contributed by atoms with van der Waals surface area (Å²) in [5.41, 5.74) is 0. The Morgan fingerprint density at radius 1 is 1.05 bits per heavy atom. The maximum atomic E-state index is 12.3. The fraction of sp³-hybridized carbons (Fsp3) is 0.538. The number of sulfonamides is 1. The third kappa shape index (κ3) is 3.85. The standard InChI is InChI=1S/C13H17Cl2NO2S/c14-11-8-5-9-12(13(11)15)19(17,18)16-10-6-3-1-2-4-7-10/h5,8-10,16H,1-4,6-7H2. The summed E-state index contributed by atoms with van der Waals surface area (Å²) in [6, 6.07) is 4.65. The van der Waals surface area contributed by atoms with Gasteiger partial charge in [0.05, 0.1) is 10.0 Å². The van der Waals surface area contributed by atoms with E-state index in [9.17, 15) is 8.42 Å². The van der Waals surface area contributed by atoms with Crippen molar-refractivity contribution in [2.45, 2.75) is 49.5 Å². The van der Waals surface area contributed by atoms with Gasteiger partial charge in [-0.05, 0) is 25.0 Å². The van der Waals surface area contributed by atoms with E-state index < -0.39 is 10.0 Å². The van der Waals surface area contributed by atoms with Crippen LogP contribution in [0.1, 0.15) is 38.5 Å². The summed E-state index contributed by atoms with van der Waals surface area (Å²) in [5, 5.41) is 0.343. The molecule has 106 valence electrons. The highest BCUT2D eigenvalue weighted by Crippen LogP contribution is 2.29. The minimum Gasteiger partial charge on any atom is -0.208 e. The topological polar surface area (TPSA) is 46.2 Å². The molecule has 0 atom stereocenters. The van der Waals surface area contributed by atoms with Crippen LogP contribution in [0.3, 0.4) is 0 Å². The molecule has 1 saturated carbocycles. The third-order valence-corrected chi connectivity index (χ3v) is 5.88. The van der Waals surface area contributed by atoms with Crippen LogP contribution in [-0.4, -0.2) is 14.5 Å². The van der Waals surface area contributed by atoms with Gasteiger partial charge in [0, 0.05) is 6.04 Å². The Morgan fingerprint density at radius 3 is 2.32 bits per heavy atom. The van der Waals surface area contributed by atoms with Crippen molar-refractivity contribution in [2.24, 2.45) is 0 Å². The molecule has 0 aromatic heterocycles. The van der Waals surface area contributed by atoms with E-state index in [4.69, 9.17) is 23.2 Å². The predicted octanol–water partition coefficient (Wildman–Crippen LogP) is 3.99. The van der Waals surface area contributed by atoms with Crippen LogP contribution in [0.4, 0.5) is 0 Å². The predicted molar refractivity (Wildman–Crippen MR) is 78.3 cm³/mol. The molecule has 0 unspecified atom stereocenters. The Morgan fingerprint density at radius 2 is 1.68 bits per heavy atom. The molecule has 0 spiro atoms. The normalized spacial score (nSPS) is 18.2. The molecule has 1 aliphatic rings. The lowest BCUT2D eigenvalue weighted by molar-refractivity contribution is 0.510. The van der Waals surface area contributed by atoms with Gasteiger partial charge in [-0.15, -0.1) is 0 Å². The maximum Gasteiger partial charge on any atom is 0.242 e. The number of hydrogen-bond donors (Lipinski definition) is 1. The van der Waals surface area contributed by atoms with Crippen molar-refractivity contribution in [1.29, 1.82) is 0 Å². The van der Waals surface area contributed by atoms with E-state index in [1.54, 1.807) is 12.1 Å². The molecule has 19 heavy (non-hydrogen) atoms. The summed E-state index contributed by atoms with van der Waals surface area (Å²) >= 11 is 11.8. The zero-order chi connectivity index (χ0) is 13.9. The van der Waals surface area contributed by atoms with Crippen molar-refractivity contribution >= 4 is 33.2 Å². The molecule has 1 aromatic carbocycles. The third-order valence-electron chi connectivity index (χ3n) is 3.38. The van der Waals surface area contributed by atoms with Crippen molar-refractivity contribution in [3.8, 4) is 0 Å². The van der Waals surface area contributed by atoms with Gasteiger partial charge >= 0.3 is 0 Å². The van der Waals surface area contributed by atoms with Crippen LogP contribution in [0.25, 0.3) is 0 Å². The molecule has 2 rings (SSSR count). The molecule has 1 aromatic rings. The largest absolute Gasteiger partial charge is 0.242 e. The van der Waals surface area contributed by atoms with Crippen molar-refractivity contribution in [2.75, 3.05) is 0 Å². The molecular weight excluding hydrogens is 305 g/mol. The molecule has 1 aliphatic carbocycles. The first-order chi connectivity index (χ1) is 9.00. The molecule has 0 heterocycles. The monoisotopic (exact) mass is 321 g/mol. The molecule has 0 radical (unpaired) electrons. The summed E-state index contributed by atoms with van der Waals surface area (Å²) < 4.78 is 27.4. The molecule has 0 aliphatic heterocycles. The summed E-state index contributed by atoms with van der Waals surface area (Å²) in [4.78, 5) is 0.0610. The fourth-order valence-electron chi connectivity index (χ4n) is 2.37. The highest BCUT2D eigenvalue weighted by molar-refractivity contribution is 7.89. The average molecular weight is 322 g/mol. The van der Waals surface area contributed by atoms with Crippen LogP contribution in [0.2, 0.25) is 10.0 Å². The fourth-order valence-corrected chi connectivity index (χ4v) is 4.44. The first kappa shape index (κ1) is 15.1. The van der Waals surface area contributed by atoms with Crippen LogP contribution >= 0.6 is 23.2 Å². The Hall–Kier alpha value is -0.290. The number of hydrogen-bond acceptors (Lipinski definition) is 2. The van der Waals surface area contributed by atoms with E-state index >= 15 is 0 Å². The number of rotatable bonds is 3. The highest BCUT2D eigenvalue weighted by Gasteiger charge is 2.23. The molecule has 6 heteroatoms. The molecule has 0 amide bonds. The Bertz CT molecular complexity index is 538. The van der Waals surface area contributed by atoms with E-state index in [0.29, 0.717) is 0 Å². The van der Waals surface area contributed by atoms with Gasteiger partial charge in [0.25, 0.3) is 0 Å². The van der Waals surface area contributed by atoms with Gasteiger partial charge in [0.2, 0.25) is 10.0 Å². The van der Waals surface area contributed by atoms with E-state index in [1.165, 1.54) is 18.9 Å². The second kappa shape index (κ2) is 6.44. The summed E-state index contributed by atoms with van der Waals surface area (Å²) in [6.45, 7) is 0. The van der Waals surface area contributed by atoms with Gasteiger partial charge in [-0.3, -0.25) is 0 Å². The summed E-state index contributed by atoms with van der Waals surface area (Å²) in [7, 11) is -3.60. The van der Waals surface area contributed by atoms with Crippen LogP contribution < -0.4 is 4.72 Å². The highest BCUT2D eigenvalue weighted by atomic mass is 35.5. The zero-order valence-electron chi connectivity index (χ0n) is 10.5.